The number of nitrogens with zero attached hydrogens (tertiary/aromatic N) is 3. The van der Waals surface area contributed by atoms with E-state index < -0.39 is 0 Å². The molecule has 3 aromatic rings. The minimum atomic E-state index is -0.136. The number of carbonyl (C=O) groups excluding carboxylic acids is 1. The summed E-state index contributed by atoms with van der Waals surface area (Å²) in [7, 11) is 0. The summed E-state index contributed by atoms with van der Waals surface area (Å²) in [6.07, 6.45) is 3.47. The van der Waals surface area contributed by atoms with Crippen LogP contribution < -0.4 is 15.8 Å². The van der Waals surface area contributed by atoms with Crippen LogP contribution in [0.2, 0.25) is 0 Å². The Morgan fingerprint density at radius 3 is 2.65 bits per heavy atom. The average Bonchev–Trinajstić information content (AvgIpc) is 2.78. The molecule has 1 saturated heterocycles. The number of piperidine rings is 1. The summed E-state index contributed by atoms with van der Waals surface area (Å²) in [4.78, 5) is 27.5. The number of rotatable bonds is 5. The molecule has 0 saturated carbocycles. The van der Waals surface area contributed by atoms with Gasteiger partial charge >= 0.3 is 0 Å². The van der Waals surface area contributed by atoms with Gasteiger partial charge in [0.15, 0.2) is 0 Å². The van der Waals surface area contributed by atoms with Gasteiger partial charge in [-0.15, -0.1) is 0 Å². The largest absolute Gasteiger partial charge is 0.369 e. The number of amides is 1. The Bertz CT molecular complexity index is 1120. The molecule has 1 unspecified atom stereocenters. The molecule has 31 heavy (non-hydrogen) atoms. The van der Waals surface area contributed by atoms with Gasteiger partial charge in [0.2, 0.25) is 5.91 Å². The van der Waals surface area contributed by atoms with Gasteiger partial charge in [0.1, 0.15) is 0 Å². The van der Waals surface area contributed by atoms with Crippen molar-refractivity contribution in [3.8, 4) is 0 Å². The van der Waals surface area contributed by atoms with Gasteiger partial charge in [-0.2, -0.15) is 5.10 Å². The number of benzene rings is 2. The standard InChI is InChI=1S/C25H28N4O2/c1-18-10-11-22(13-19(18)2)27-25(31)21-9-6-12-28(17-21)23-14-24(30)29(26-15-23)16-20-7-4-3-5-8-20/h3-5,7-8,10-11,13-15,21H,6,9,12,16-17H2,1-2H3,(H,27,31). The second kappa shape index (κ2) is 9.16. The van der Waals surface area contributed by atoms with Crippen molar-refractivity contribution >= 4 is 17.3 Å². The summed E-state index contributed by atoms with van der Waals surface area (Å²) in [6, 6.07) is 17.4. The van der Waals surface area contributed by atoms with E-state index in [0.29, 0.717) is 13.1 Å². The fourth-order valence-corrected chi connectivity index (χ4v) is 3.96. The molecule has 1 amide bonds. The topological polar surface area (TPSA) is 67.2 Å². The highest BCUT2D eigenvalue weighted by atomic mass is 16.2. The van der Waals surface area contributed by atoms with Crippen LogP contribution in [0.15, 0.2) is 65.6 Å². The van der Waals surface area contributed by atoms with Crippen molar-refractivity contribution in [3.63, 3.8) is 0 Å². The van der Waals surface area contributed by atoms with Crippen LogP contribution in [0, 0.1) is 19.8 Å². The zero-order valence-electron chi connectivity index (χ0n) is 18.0. The Balaban J connectivity index is 1.43. The number of hydrogen-bond donors (Lipinski definition) is 1. The number of nitrogens with one attached hydrogen (secondary N) is 1. The third-order valence-corrected chi connectivity index (χ3v) is 5.96. The predicted molar refractivity (Wildman–Crippen MR) is 124 cm³/mol. The van der Waals surface area contributed by atoms with Crippen molar-refractivity contribution in [2.24, 2.45) is 5.92 Å². The molecule has 0 aliphatic carbocycles. The lowest BCUT2D eigenvalue weighted by Crippen LogP contribution is -2.41. The Morgan fingerprint density at radius 1 is 1.10 bits per heavy atom. The molecule has 1 aliphatic heterocycles. The van der Waals surface area contributed by atoms with Crippen LogP contribution in [0.25, 0.3) is 0 Å². The van der Waals surface area contributed by atoms with Crippen molar-refractivity contribution in [1.29, 1.82) is 0 Å². The first-order chi connectivity index (χ1) is 15.0. The molecule has 1 fully saturated rings. The highest BCUT2D eigenvalue weighted by Gasteiger charge is 2.26. The minimum absolute atomic E-state index is 0.0262. The molecular formula is C25H28N4O2. The molecular weight excluding hydrogens is 388 g/mol. The van der Waals surface area contributed by atoms with Gasteiger partial charge in [-0.25, -0.2) is 4.68 Å². The Labute approximate surface area is 182 Å². The summed E-state index contributed by atoms with van der Waals surface area (Å²) < 4.78 is 1.46. The minimum Gasteiger partial charge on any atom is -0.369 e. The third kappa shape index (κ3) is 5.02. The third-order valence-electron chi connectivity index (χ3n) is 5.96. The zero-order chi connectivity index (χ0) is 21.8. The van der Waals surface area contributed by atoms with E-state index in [1.807, 2.05) is 55.5 Å². The Morgan fingerprint density at radius 2 is 1.90 bits per heavy atom. The first-order valence-electron chi connectivity index (χ1n) is 10.7. The molecule has 2 heterocycles. The molecule has 0 bridgehead atoms. The lowest BCUT2D eigenvalue weighted by atomic mass is 9.96. The van der Waals surface area contributed by atoms with Gasteiger partial charge in [-0.3, -0.25) is 9.59 Å². The number of anilines is 2. The maximum Gasteiger partial charge on any atom is 0.269 e. The summed E-state index contributed by atoms with van der Waals surface area (Å²) in [5, 5.41) is 7.42. The molecule has 0 radical (unpaired) electrons. The van der Waals surface area contributed by atoms with Crippen LogP contribution in [-0.4, -0.2) is 28.8 Å². The van der Waals surface area contributed by atoms with Crippen LogP contribution in [0.5, 0.6) is 0 Å². The van der Waals surface area contributed by atoms with E-state index in [4.69, 9.17) is 0 Å². The quantitative estimate of drug-likeness (QED) is 0.688. The highest BCUT2D eigenvalue weighted by molar-refractivity contribution is 5.93. The maximum absolute atomic E-state index is 12.8. The summed E-state index contributed by atoms with van der Waals surface area (Å²) in [6.45, 7) is 5.95. The fourth-order valence-electron chi connectivity index (χ4n) is 3.96. The second-order valence-electron chi connectivity index (χ2n) is 8.27. The molecule has 6 nitrogen and oxygen atoms in total. The summed E-state index contributed by atoms with van der Waals surface area (Å²) >= 11 is 0. The smallest absolute Gasteiger partial charge is 0.269 e. The number of hydrogen-bond acceptors (Lipinski definition) is 4. The molecule has 4 rings (SSSR count). The predicted octanol–water partition coefficient (Wildman–Crippen LogP) is 3.76. The number of aryl methyl sites for hydroxylation is 2. The van der Waals surface area contributed by atoms with Crippen LogP contribution in [0.3, 0.4) is 0 Å². The van der Waals surface area contributed by atoms with Crippen molar-refractivity contribution in [3.05, 3.63) is 87.8 Å². The molecule has 0 spiro atoms. The van der Waals surface area contributed by atoms with Crippen molar-refractivity contribution in [1.82, 2.24) is 9.78 Å². The SMILES string of the molecule is Cc1ccc(NC(=O)C2CCCN(c3cnn(Cc4ccccc4)c(=O)c3)C2)cc1C. The summed E-state index contributed by atoms with van der Waals surface area (Å²) in [5.74, 6) is -0.0968. The van der Waals surface area contributed by atoms with Gasteiger partial charge in [0, 0.05) is 24.8 Å². The number of aromatic nitrogens is 2. The van der Waals surface area contributed by atoms with Crippen molar-refractivity contribution in [2.45, 2.75) is 33.2 Å². The maximum atomic E-state index is 12.8. The van der Waals surface area contributed by atoms with E-state index in [1.165, 1.54) is 10.2 Å². The molecule has 1 aromatic heterocycles. The summed E-state index contributed by atoms with van der Waals surface area (Å²) in [5.41, 5.74) is 4.86. The second-order valence-corrected chi connectivity index (χ2v) is 8.27. The van der Waals surface area contributed by atoms with Crippen molar-refractivity contribution < 1.29 is 4.79 Å². The Hall–Kier alpha value is -3.41. The molecule has 2 aromatic carbocycles. The van der Waals surface area contributed by atoms with E-state index in [1.54, 1.807) is 12.3 Å². The normalized spacial score (nSPS) is 16.2. The lowest BCUT2D eigenvalue weighted by molar-refractivity contribution is -0.120. The van der Waals surface area contributed by atoms with E-state index >= 15 is 0 Å². The zero-order valence-corrected chi connectivity index (χ0v) is 18.0. The van der Waals surface area contributed by atoms with E-state index in [9.17, 15) is 9.59 Å². The monoisotopic (exact) mass is 416 g/mol. The van der Waals surface area contributed by atoms with E-state index in [0.717, 1.165) is 41.9 Å². The van der Waals surface area contributed by atoms with Gasteiger partial charge in [0.25, 0.3) is 5.56 Å². The molecule has 160 valence electrons. The molecule has 1 atom stereocenters. The van der Waals surface area contributed by atoms with Crippen molar-refractivity contribution in [2.75, 3.05) is 23.3 Å². The highest BCUT2D eigenvalue weighted by Crippen LogP contribution is 2.23. The van der Waals surface area contributed by atoms with Crippen LogP contribution in [0.1, 0.15) is 29.5 Å². The van der Waals surface area contributed by atoms with Crippen LogP contribution in [0.4, 0.5) is 11.4 Å². The van der Waals surface area contributed by atoms with Gasteiger partial charge in [-0.1, -0.05) is 36.4 Å². The molecule has 1 aliphatic rings. The van der Waals surface area contributed by atoms with Gasteiger partial charge < -0.3 is 10.2 Å². The van der Waals surface area contributed by atoms with Crippen LogP contribution in [-0.2, 0) is 11.3 Å². The fraction of sp³-hybridized carbons (Fsp3) is 0.320. The lowest BCUT2D eigenvalue weighted by Gasteiger charge is -2.33. The number of carbonyl (C=O) groups is 1. The first kappa shape index (κ1) is 20.8. The average molecular weight is 417 g/mol. The molecule has 1 N–H and O–H groups in total. The molecule has 6 heteroatoms. The Kier molecular flexibility index (Phi) is 6.16. The van der Waals surface area contributed by atoms with E-state index in [-0.39, 0.29) is 17.4 Å². The van der Waals surface area contributed by atoms with Gasteiger partial charge in [0.05, 0.1) is 24.3 Å². The van der Waals surface area contributed by atoms with Gasteiger partial charge in [-0.05, 0) is 55.5 Å². The van der Waals surface area contributed by atoms with E-state index in [2.05, 4.69) is 22.2 Å². The first-order valence-corrected chi connectivity index (χ1v) is 10.7. The van der Waals surface area contributed by atoms with Crippen LogP contribution >= 0.6 is 0 Å².